The maximum atomic E-state index is 12.1. The second kappa shape index (κ2) is 10.3. The smallest absolute Gasteiger partial charge is 0.306 e. The van der Waals surface area contributed by atoms with E-state index in [9.17, 15) is 14.4 Å². The highest BCUT2D eigenvalue weighted by molar-refractivity contribution is 5.88. The number of ketones is 1. The highest BCUT2D eigenvalue weighted by Crippen LogP contribution is 2.18. The van der Waals surface area contributed by atoms with Gasteiger partial charge in [0, 0.05) is 0 Å². The molecule has 0 aliphatic heterocycles. The van der Waals surface area contributed by atoms with Crippen molar-refractivity contribution in [3.05, 3.63) is 71.8 Å². The standard InChI is InChI=1S/C22H25NO4/c1-16(19-11-7-4-8-12-19)13-22(26)27-15-21(25)23-20(17(2)24)14-18-9-5-3-6-10-18/h3-12,16,20H,13-15H2,1-2H3,(H,23,25)/t16-,20+/m1/s1. The molecule has 0 aliphatic carbocycles. The number of carbonyl (C=O) groups excluding carboxylic acids is 3. The second-order valence-electron chi connectivity index (χ2n) is 6.60. The Morgan fingerprint density at radius 2 is 1.56 bits per heavy atom. The molecule has 0 bridgehead atoms. The molecule has 0 heterocycles. The first-order valence-corrected chi connectivity index (χ1v) is 9.00. The van der Waals surface area contributed by atoms with Crippen LogP contribution in [0.3, 0.4) is 0 Å². The van der Waals surface area contributed by atoms with Crippen molar-refractivity contribution in [3.8, 4) is 0 Å². The molecule has 0 radical (unpaired) electrons. The van der Waals surface area contributed by atoms with Crippen LogP contribution in [-0.2, 0) is 25.5 Å². The molecule has 142 valence electrons. The lowest BCUT2D eigenvalue weighted by Crippen LogP contribution is -2.43. The fraction of sp³-hybridized carbons (Fsp3) is 0.318. The topological polar surface area (TPSA) is 72.5 Å². The molecule has 0 spiro atoms. The van der Waals surface area contributed by atoms with Crippen molar-refractivity contribution in [3.63, 3.8) is 0 Å². The molecule has 1 amide bonds. The average Bonchev–Trinajstić information content (AvgIpc) is 2.67. The number of esters is 1. The lowest BCUT2D eigenvalue weighted by molar-refractivity contribution is -0.149. The zero-order chi connectivity index (χ0) is 19.6. The summed E-state index contributed by atoms with van der Waals surface area (Å²) in [6.07, 6.45) is 0.596. The minimum atomic E-state index is -0.637. The molecule has 2 aromatic rings. The summed E-state index contributed by atoms with van der Waals surface area (Å²) in [5, 5.41) is 2.64. The van der Waals surface area contributed by atoms with Crippen LogP contribution in [0.2, 0.25) is 0 Å². The van der Waals surface area contributed by atoms with E-state index in [1.807, 2.05) is 67.6 Å². The summed E-state index contributed by atoms with van der Waals surface area (Å²) in [5.41, 5.74) is 1.99. The molecule has 0 unspecified atom stereocenters. The van der Waals surface area contributed by atoms with E-state index in [0.29, 0.717) is 6.42 Å². The van der Waals surface area contributed by atoms with Gasteiger partial charge in [-0.1, -0.05) is 67.6 Å². The van der Waals surface area contributed by atoms with Crippen LogP contribution in [0.25, 0.3) is 0 Å². The maximum absolute atomic E-state index is 12.1. The van der Waals surface area contributed by atoms with Crippen LogP contribution in [0.15, 0.2) is 60.7 Å². The van der Waals surface area contributed by atoms with Gasteiger partial charge in [-0.2, -0.15) is 0 Å². The molecule has 0 saturated heterocycles. The SMILES string of the molecule is CC(=O)[C@H](Cc1ccccc1)NC(=O)COC(=O)C[C@@H](C)c1ccccc1. The predicted octanol–water partition coefficient (Wildman–Crippen LogP) is 3.04. The zero-order valence-corrected chi connectivity index (χ0v) is 15.7. The third-order valence-corrected chi connectivity index (χ3v) is 4.31. The first kappa shape index (κ1) is 20.4. The first-order chi connectivity index (χ1) is 13.0. The van der Waals surface area contributed by atoms with E-state index >= 15 is 0 Å². The molecule has 2 atom stereocenters. The predicted molar refractivity (Wildman–Crippen MR) is 103 cm³/mol. The Bertz CT molecular complexity index is 758. The van der Waals surface area contributed by atoms with Crippen LogP contribution < -0.4 is 5.32 Å². The molecule has 5 heteroatoms. The van der Waals surface area contributed by atoms with Crippen LogP contribution in [0.1, 0.15) is 37.3 Å². The molecule has 2 rings (SSSR count). The van der Waals surface area contributed by atoms with Crippen LogP contribution in [0.5, 0.6) is 0 Å². The number of hydrogen-bond donors (Lipinski definition) is 1. The van der Waals surface area contributed by atoms with E-state index in [2.05, 4.69) is 5.32 Å². The van der Waals surface area contributed by atoms with E-state index in [4.69, 9.17) is 4.74 Å². The molecule has 0 aromatic heterocycles. The Balaban J connectivity index is 1.79. The zero-order valence-electron chi connectivity index (χ0n) is 15.7. The Morgan fingerprint density at radius 3 is 2.15 bits per heavy atom. The lowest BCUT2D eigenvalue weighted by Gasteiger charge is -2.16. The quantitative estimate of drug-likeness (QED) is 0.692. The van der Waals surface area contributed by atoms with E-state index in [1.54, 1.807) is 0 Å². The van der Waals surface area contributed by atoms with Gasteiger partial charge in [-0.25, -0.2) is 0 Å². The highest BCUT2D eigenvalue weighted by Gasteiger charge is 2.19. The van der Waals surface area contributed by atoms with Gasteiger partial charge >= 0.3 is 5.97 Å². The molecule has 5 nitrogen and oxygen atoms in total. The van der Waals surface area contributed by atoms with Gasteiger partial charge in [0.2, 0.25) is 0 Å². The van der Waals surface area contributed by atoms with Gasteiger partial charge in [0.15, 0.2) is 12.4 Å². The molecule has 1 N–H and O–H groups in total. The minimum absolute atomic E-state index is 0.00445. The number of Topliss-reactive ketones (excluding diaryl/α,β-unsaturated/α-hetero) is 1. The fourth-order valence-electron chi connectivity index (χ4n) is 2.74. The number of nitrogens with one attached hydrogen (secondary N) is 1. The summed E-state index contributed by atoms with van der Waals surface area (Å²) in [6, 6.07) is 18.5. The summed E-state index contributed by atoms with van der Waals surface area (Å²) in [4.78, 5) is 35.8. The van der Waals surface area contributed by atoms with Crippen molar-refractivity contribution >= 4 is 17.7 Å². The maximum Gasteiger partial charge on any atom is 0.306 e. The number of rotatable bonds is 9. The second-order valence-corrected chi connectivity index (χ2v) is 6.60. The van der Waals surface area contributed by atoms with Crippen molar-refractivity contribution in [1.82, 2.24) is 5.32 Å². The largest absolute Gasteiger partial charge is 0.456 e. The molecular weight excluding hydrogens is 342 g/mol. The van der Waals surface area contributed by atoms with Crippen molar-refractivity contribution in [1.29, 1.82) is 0 Å². The molecular formula is C22H25NO4. The van der Waals surface area contributed by atoms with Gasteiger partial charge in [-0.05, 0) is 30.4 Å². The van der Waals surface area contributed by atoms with Crippen LogP contribution in [0, 0.1) is 0 Å². The van der Waals surface area contributed by atoms with Crippen molar-refractivity contribution in [2.24, 2.45) is 0 Å². The Kier molecular flexibility index (Phi) is 7.74. The number of amides is 1. The van der Waals surface area contributed by atoms with E-state index in [0.717, 1.165) is 11.1 Å². The van der Waals surface area contributed by atoms with E-state index < -0.39 is 17.9 Å². The molecule has 0 fully saturated rings. The number of ether oxygens (including phenoxy) is 1. The molecule has 0 aliphatic rings. The van der Waals surface area contributed by atoms with Crippen molar-refractivity contribution in [2.45, 2.75) is 38.6 Å². The van der Waals surface area contributed by atoms with Crippen LogP contribution >= 0.6 is 0 Å². The summed E-state index contributed by atoms with van der Waals surface area (Å²) in [6.45, 7) is 2.97. The number of hydrogen-bond acceptors (Lipinski definition) is 4. The van der Waals surface area contributed by atoms with Gasteiger partial charge in [-0.15, -0.1) is 0 Å². The molecule has 0 saturated carbocycles. The van der Waals surface area contributed by atoms with E-state index in [1.165, 1.54) is 6.92 Å². The Morgan fingerprint density at radius 1 is 0.963 bits per heavy atom. The average molecular weight is 367 g/mol. The monoisotopic (exact) mass is 367 g/mol. The third-order valence-electron chi connectivity index (χ3n) is 4.31. The van der Waals surface area contributed by atoms with Crippen LogP contribution in [-0.4, -0.2) is 30.3 Å². The highest BCUT2D eigenvalue weighted by atomic mass is 16.5. The van der Waals surface area contributed by atoms with Gasteiger partial charge in [0.25, 0.3) is 5.91 Å². The fourth-order valence-corrected chi connectivity index (χ4v) is 2.74. The van der Waals surface area contributed by atoms with Crippen molar-refractivity contribution in [2.75, 3.05) is 6.61 Å². The van der Waals surface area contributed by atoms with Crippen molar-refractivity contribution < 1.29 is 19.1 Å². The van der Waals surface area contributed by atoms with Crippen LogP contribution in [0.4, 0.5) is 0 Å². The number of carbonyl (C=O) groups is 3. The summed E-state index contributed by atoms with van der Waals surface area (Å²) < 4.78 is 5.06. The molecule has 2 aromatic carbocycles. The van der Waals surface area contributed by atoms with E-state index in [-0.39, 0.29) is 24.7 Å². The van der Waals surface area contributed by atoms with Gasteiger partial charge in [0.05, 0.1) is 12.5 Å². The summed E-state index contributed by atoms with van der Waals surface area (Å²) in [5.74, 6) is -1.06. The lowest BCUT2D eigenvalue weighted by atomic mass is 9.98. The van der Waals surface area contributed by atoms with Gasteiger partial charge in [0.1, 0.15) is 0 Å². The Labute approximate surface area is 159 Å². The summed E-state index contributed by atoms with van der Waals surface area (Å²) in [7, 11) is 0. The van der Waals surface area contributed by atoms with Gasteiger partial charge in [-0.3, -0.25) is 14.4 Å². The number of benzene rings is 2. The Hall–Kier alpha value is -2.95. The summed E-state index contributed by atoms with van der Waals surface area (Å²) >= 11 is 0. The first-order valence-electron chi connectivity index (χ1n) is 9.00. The normalized spacial score (nSPS) is 12.7. The third kappa shape index (κ3) is 7.05. The minimum Gasteiger partial charge on any atom is -0.456 e. The molecule has 27 heavy (non-hydrogen) atoms. The van der Waals surface area contributed by atoms with Gasteiger partial charge < -0.3 is 10.1 Å².